The van der Waals surface area contributed by atoms with Crippen LogP contribution in [-0.2, 0) is 16.0 Å². The number of hydrogen-bond donors (Lipinski definition) is 2. The fourth-order valence-electron chi connectivity index (χ4n) is 6.14. The highest BCUT2D eigenvalue weighted by Crippen LogP contribution is 2.39. The molecular formula is C33H29BrN4O8. The highest BCUT2D eigenvalue weighted by Gasteiger charge is 2.35. The number of amides is 2. The van der Waals surface area contributed by atoms with Crippen LogP contribution in [0.25, 0.3) is 0 Å². The molecule has 0 aliphatic carbocycles. The van der Waals surface area contributed by atoms with E-state index < -0.39 is 23.8 Å². The third-order valence-corrected chi connectivity index (χ3v) is 8.58. The van der Waals surface area contributed by atoms with E-state index in [2.05, 4.69) is 31.5 Å². The van der Waals surface area contributed by atoms with E-state index in [0.717, 1.165) is 12.1 Å². The molecule has 1 fully saturated rings. The van der Waals surface area contributed by atoms with Gasteiger partial charge in [0.2, 0.25) is 0 Å². The number of halogens is 1. The molecule has 4 heterocycles. The van der Waals surface area contributed by atoms with Crippen LogP contribution in [0.1, 0.15) is 59.7 Å². The van der Waals surface area contributed by atoms with Gasteiger partial charge >= 0.3 is 11.9 Å². The van der Waals surface area contributed by atoms with Crippen LogP contribution in [0.15, 0.2) is 80.6 Å². The molecule has 0 radical (unpaired) electrons. The van der Waals surface area contributed by atoms with E-state index in [1.807, 2.05) is 10.6 Å². The largest absolute Gasteiger partial charge is 0.465 e. The first-order chi connectivity index (χ1) is 22.1. The summed E-state index contributed by atoms with van der Waals surface area (Å²) in [6, 6.07) is 17.5. The summed E-state index contributed by atoms with van der Waals surface area (Å²) in [5.41, 5.74) is 2.53. The second kappa shape index (κ2) is 12.7. The fraction of sp³-hybridized carbons (Fsp3) is 0.242. The number of rotatable bonds is 7. The van der Waals surface area contributed by atoms with E-state index in [-0.39, 0.29) is 45.5 Å². The van der Waals surface area contributed by atoms with Crippen LogP contribution in [0, 0.1) is 5.92 Å². The molecule has 2 aliphatic rings. The molecule has 6 rings (SSSR count). The van der Waals surface area contributed by atoms with Gasteiger partial charge in [0.05, 0.1) is 36.7 Å². The molecule has 46 heavy (non-hydrogen) atoms. The third-order valence-electron chi connectivity index (χ3n) is 8.16. The van der Waals surface area contributed by atoms with Gasteiger partial charge in [-0.3, -0.25) is 14.4 Å². The summed E-state index contributed by atoms with van der Waals surface area (Å²) in [6.45, 7) is 1.86. The second-order valence-corrected chi connectivity index (χ2v) is 11.9. The van der Waals surface area contributed by atoms with Crippen molar-refractivity contribution in [2.75, 3.05) is 42.8 Å². The van der Waals surface area contributed by atoms with Crippen molar-refractivity contribution in [2.45, 2.75) is 18.9 Å². The SMILES string of the molecule is COC(=O)c1cc(NC(=O)c2ccc(N3CC4CC(C3)c3cccc(=O)n3C4)c(NC(=O)c3ccc(Br)o3)c2)cc(C(=O)OC)c1. The maximum atomic E-state index is 13.5. The van der Waals surface area contributed by atoms with E-state index in [0.29, 0.717) is 35.7 Å². The molecule has 12 nitrogen and oxygen atoms in total. The zero-order valence-electron chi connectivity index (χ0n) is 24.9. The molecule has 2 aromatic heterocycles. The first-order valence-corrected chi connectivity index (χ1v) is 15.2. The van der Waals surface area contributed by atoms with Crippen molar-refractivity contribution in [3.63, 3.8) is 0 Å². The van der Waals surface area contributed by atoms with Gasteiger partial charge in [-0.25, -0.2) is 9.59 Å². The zero-order chi connectivity index (χ0) is 32.5. The first-order valence-electron chi connectivity index (χ1n) is 14.4. The van der Waals surface area contributed by atoms with E-state index >= 15 is 0 Å². The maximum Gasteiger partial charge on any atom is 0.337 e. The van der Waals surface area contributed by atoms with Crippen LogP contribution < -0.4 is 21.1 Å². The van der Waals surface area contributed by atoms with Gasteiger partial charge in [-0.05, 0) is 82.9 Å². The topological polar surface area (TPSA) is 149 Å². The number of piperidine rings is 1. The Kier molecular flexibility index (Phi) is 8.50. The van der Waals surface area contributed by atoms with Crippen molar-refractivity contribution in [2.24, 2.45) is 5.92 Å². The van der Waals surface area contributed by atoms with E-state index in [1.165, 1.54) is 38.5 Å². The molecule has 0 spiro atoms. The average Bonchev–Trinajstić information content (AvgIpc) is 3.50. The van der Waals surface area contributed by atoms with Gasteiger partial charge in [0.1, 0.15) is 0 Å². The number of esters is 2. The fourth-order valence-corrected chi connectivity index (χ4v) is 6.45. The lowest BCUT2D eigenvalue weighted by atomic mass is 9.83. The Morgan fingerprint density at radius 3 is 2.24 bits per heavy atom. The summed E-state index contributed by atoms with van der Waals surface area (Å²) in [5, 5.41) is 5.62. The molecule has 236 valence electrons. The average molecular weight is 690 g/mol. The summed E-state index contributed by atoms with van der Waals surface area (Å²) >= 11 is 3.22. The van der Waals surface area contributed by atoms with Crippen LogP contribution in [0.2, 0.25) is 0 Å². The number of nitrogens with one attached hydrogen (secondary N) is 2. The molecule has 1 saturated heterocycles. The number of fused-ring (bicyclic) bond motifs is 4. The lowest BCUT2D eigenvalue weighted by Gasteiger charge is -2.44. The van der Waals surface area contributed by atoms with Gasteiger partial charge in [0.25, 0.3) is 17.4 Å². The standard InChI is InChI=1S/C33H29BrN4O8/c1-44-32(42)20-11-21(33(43)45-2)13-23(12-20)35-30(40)19-6-7-26(24(14-19)36-31(41)27-8-9-28(34)46-27)37-15-18-10-22(17-37)25-4-3-5-29(39)38(25)16-18/h3-9,11-14,18,22H,10,15-17H2,1-2H3,(H,35,40)(H,36,41). The van der Waals surface area contributed by atoms with Gasteiger partial charge in [-0.15, -0.1) is 0 Å². The smallest absolute Gasteiger partial charge is 0.337 e. The minimum atomic E-state index is -0.695. The summed E-state index contributed by atoms with van der Waals surface area (Å²) in [6.07, 6.45) is 0.945. The van der Waals surface area contributed by atoms with Crippen LogP contribution in [0.3, 0.4) is 0 Å². The van der Waals surface area contributed by atoms with Gasteiger partial charge in [-0.1, -0.05) is 6.07 Å². The molecule has 0 saturated carbocycles. The van der Waals surface area contributed by atoms with E-state index in [4.69, 9.17) is 13.9 Å². The Balaban J connectivity index is 1.33. The lowest BCUT2D eigenvalue weighted by Crippen LogP contribution is -2.47. The normalized spacial score (nSPS) is 16.6. The van der Waals surface area contributed by atoms with Crippen molar-refractivity contribution in [3.8, 4) is 0 Å². The molecule has 2 amide bonds. The van der Waals surface area contributed by atoms with Crippen LogP contribution in [0.5, 0.6) is 0 Å². The number of methoxy groups -OCH3 is 2. The number of nitrogens with zero attached hydrogens (tertiary/aromatic N) is 2. The van der Waals surface area contributed by atoms with Crippen molar-refractivity contribution >= 4 is 56.7 Å². The number of ether oxygens (including phenoxy) is 2. The molecule has 4 aromatic rings. The summed E-state index contributed by atoms with van der Waals surface area (Å²) < 4.78 is 17.3. The minimum absolute atomic E-state index is 0.00981. The molecule has 2 aromatic carbocycles. The van der Waals surface area contributed by atoms with E-state index in [1.54, 1.807) is 36.4 Å². The number of benzene rings is 2. The third kappa shape index (κ3) is 6.18. The van der Waals surface area contributed by atoms with Crippen molar-refractivity contribution in [3.05, 3.63) is 110 Å². The Bertz CT molecular complexity index is 1900. The zero-order valence-corrected chi connectivity index (χ0v) is 26.5. The molecular weight excluding hydrogens is 660 g/mol. The van der Waals surface area contributed by atoms with Crippen molar-refractivity contribution in [1.29, 1.82) is 0 Å². The molecule has 2 atom stereocenters. The first kappa shape index (κ1) is 30.8. The van der Waals surface area contributed by atoms with Gasteiger partial charge < -0.3 is 34.0 Å². The monoisotopic (exact) mass is 688 g/mol. The number of carbonyl (C=O) groups is 4. The van der Waals surface area contributed by atoms with Crippen LogP contribution >= 0.6 is 15.9 Å². The number of pyridine rings is 1. The molecule has 2 bridgehead atoms. The van der Waals surface area contributed by atoms with Crippen molar-refractivity contribution in [1.82, 2.24) is 4.57 Å². The molecule has 2 aliphatic heterocycles. The highest BCUT2D eigenvalue weighted by molar-refractivity contribution is 9.10. The Hall–Kier alpha value is -5.17. The summed E-state index contributed by atoms with van der Waals surface area (Å²) in [5.74, 6) is -2.05. The quantitative estimate of drug-likeness (QED) is 0.258. The summed E-state index contributed by atoms with van der Waals surface area (Å²) in [7, 11) is 2.41. The molecule has 13 heteroatoms. The molecule has 2 unspecified atom stereocenters. The Morgan fingerprint density at radius 1 is 0.826 bits per heavy atom. The Morgan fingerprint density at radius 2 is 1.57 bits per heavy atom. The summed E-state index contributed by atoms with van der Waals surface area (Å²) in [4.78, 5) is 65.9. The minimum Gasteiger partial charge on any atom is -0.465 e. The van der Waals surface area contributed by atoms with Crippen molar-refractivity contribution < 1.29 is 33.1 Å². The number of carbonyl (C=O) groups excluding carboxylic acids is 4. The van der Waals surface area contributed by atoms with Gasteiger partial charge in [-0.2, -0.15) is 0 Å². The number of hydrogen-bond acceptors (Lipinski definition) is 9. The second-order valence-electron chi connectivity index (χ2n) is 11.1. The predicted molar refractivity (Wildman–Crippen MR) is 172 cm³/mol. The lowest BCUT2D eigenvalue weighted by molar-refractivity contribution is 0.0598. The Labute approximate surface area is 271 Å². The van der Waals surface area contributed by atoms with E-state index in [9.17, 15) is 24.0 Å². The van der Waals surface area contributed by atoms with Gasteiger partial charge in [0.15, 0.2) is 10.4 Å². The van der Waals surface area contributed by atoms with Crippen LogP contribution in [-0.4, -0.2) is 55.6 Å². The van der Waals surface area contributed by atoms with Crippen LogP contribution in [0.4, 0.5) is 17.1 Å². The number of anilines is 3. The molecule has 2 N–H and O–H groups in total. The predicted octanol–water partition coefficient (Wildman–Crippen LogP) is 4.91. The highest BCUT2D eigenvalue weighted by atomic mass is 79.9. The maximum absolute atomic E-state index is 13.5. The number of furan rings is 1. The number of aromatic nitrogens is 1. The van der Waals surface area contributed by atoms with Gasteiger partial charge in [0, 0.05) is 48.6 Å².